The van der Waals surface area contributed by atoms with Gasteiger partial charge in [0.1, 0.15) is 0 Å². The van der Waals surface area contributed by atoms with Crippen LogP contribution >= 0.6 is 35.3 Å². The summed E-state index contributed by atoms with van der Waals surface area (Å²) in [6, 6.07) is 1.69. The van der Waals surface area contributed by atoms with Crippen LogP contribution in [0.1, 0.15) is 16.7 Å². The fraction of sp³-hybridized carbons (Fsp3) is 0.643. The number of halogens is 1. The fourth-order valence-electron chi connectivity index (χ4n) is 2.43. The maximum Gasteiger partial charge on any atom is 0.241 e. The van der Waals surface area contributed by atoms with E-state index >= 15 is 0 Å². The number of guanidine groups is 1. The second-order valence-corrected chi connectivity index (χ2v) is 8.74. The molecular formula is C14H25IN4O3S2. The Morgan fingerprint density at radius 2 is 2.25 bits per heavy atom. The number of ether oxygens (including phenoxy) is 1. The van der Waals surface area contributed by atoms with E-state index in [1.807, 2.05) is 25.7 Å². The molecule has 0 aromatic carbocycles. The Morgan fingerprint density at radius 1 is 1.54 bits per heavy atom. The zero-order chi connectivity index (χ0) is 17.0. The zero-order valence-corrected chi connectivity index (χ0v) is 18.1. The Hall–Kier alpha value is -0.430. The second-order valence-electron chi connectivity index (χ2n) is 5.54. The lowest BCUT2D eigenvalue weighted by atomic mass is 10.3. The van der Waals surface area contributed by atoms with Gasteiger partial charge in [-0.15, -0.1) is 35.3 Å². The van der Waals surface area contributed by atoms with E-state index in [0.717, 1.165) is 9.75 Å². The highest BCUT2D eigenvalue weighted by molar-refractivity contribution is 14.0. The maximum absolute atomic E-state index is 12.2. The van der Waals surface area contributed by atoms with E-state index in [1.165, 1.54) is 11.3 Å². The quantitative estimate of drug-likeness (QED) is 0.282. The normalized spacial score (nSPS) is 19.2. The van der Waals surface area contributed by atoms with Crippen LogP contribution in [-0.4, -0.2) is 58.2 Å². The standard InChI is InChI=1S/C14H24N4O3S2.HI/c1-10-9-18(6-7-21-10)14(15)16-4-5-17-23(19,20)13-8-11(2)22-12(13)3;/h8,10,17H,4-7,9H2,1-3H3,(H2,15,16);1H. The minimum absolute atomic E-state index is 0. The largest absolute Gasteiger partial charge is 0.375 e. The smallest absolute Gasteiger partial charge is 0.241 e. The van der Waals surface area contributed by atoms with Crippen LogP contribution in [0.15, 0.2) is 16.0 Å². The molecular weight excluding hydrogens is 463 g/mol. The minimum Gasteiger partial charge on any atom is -0.375 e. The first kappa shape index (κ1) is 21.6. The average molecular weight is 488 g/mol. The summed E-state index contributed by atoms with van der Waals surface area (Å²) in [5.74, 6) is 0.432. The molecule has 2 heterocycles. The molecule has 2 rings (SSSR count). The summed E-state index contributed by atoms with van der Waals surface area (Å²) in [5.41, 5.74) is 5.94. The molecule has 0 bridgehead atoms. The second kappa shape index (κ2) is 9.32. The van der Waals surface area contributed by atoms with E-state index in [4.69, 9.17) is 10.5 Å². The molecule has 0 amide bonds. The van der Waals surface area contributed by atoms with Crippen molar-refractivity contribution < 1.29 is 13.2 Å². The molecule has 7 nitrogen and oxygen atoms in total. The van der Waals surface area contributed by atoms with Gasteiger partial charge in [-0.25, -0.2) is 13.1 Å². The first-order valence-electron chi connectivity index (χ1n) is 7.53. The molecule has 0 aliphatic carbocycles. The fourth-order valence-corrected chi connectivity index (χ4v) is 5.00. The highest BCUT2D eigenvalue weighted by Gasteiger charge is 2.19. The van der Waals surface area contributed by atoms with E-state index in [0.29, 0.717) is 37.1 Å². The van der Waals surface area contributed by atoms with Crippen molar-refractivity contribution in [3.8, 4) is 0 Å². The number of hydrogen-bond donors (Lipinski definition) is 2. The molecule has 1 aromatic rings. The van der Waals surface area contributed by atoms with Gasteiger partial charge >= 0.3 is 0 Å². The number of nitrogens with zero attached hydrogens (tertiary/aromatic N) is 2. The van der Waals surface area contributed by atoms with Crippen LogP contribution in [-0.2, 0) is 14.8 Å². The Morgan fingerprint density at radius 3 is 2.83 bits per heavy atom. The van der Waals surface area contributed by atoms with Crippen LogP contribution in [0.25, 0.3) is 0 Å². The van der Waals surface area contributed by atoms with Gasteiger partial charge in [-0.2, -0.15) is 0 Å². The molecule has 1 aromatic heterocycles. The number of nitrogens with one attached hydrogen (secondary N) is 1. The molecule has 1 aliphatic rings. The third-order valence-corrected chi connectivity index (χ3v) is 6.21. The summed E-state index contributed by atoms with van der Waals surface area (Å²) < 4.78 is 32.5. The summed E-state index contributed by atoms with van der Waals surface area (Å²) in [7, 11) is -3.48. The monoisotopic (exact) mass is 488 g/mol. The SMILES string of the molecule is Cc1cc(S(=O)(=O)NCCN=C(N)N2CCOC(C)C2)c(C)s1.I. The molecule has 1 saturated heterocycles. The summed E-state index contributed by atoms with van der Waals surface area (Å²) in [6.45, 7) is 8.25. The van der Waals surface area contributed by atoms with Gasteiger partial charge in [0.2, 0.25) is 10.0 Å². The Balaban J connectivity index is 0.00000288. The average Bonchev–Trinajstić information content (AvgIpc) is 2.83. The summed E-state index contributed by atoms with van der Waals surface area (Å²) in [4.78, 5) is 8.32. The molecule has 24 heavy (non-hydrogen) atoms. The van der Waals surface area contributed by atoms with Gasteiger partial charge in [-0.3, -0.25) is 4.99 Å². The van der Waals surface area contributed by atoms with Crippen molar-refractivity contribution in [2.24, 2.45) is 10.7 Å². The summed E-state index contributed by atoms with van der Waals surface area (Å²) >= 11 is 1.47. The summed E-state index contributed by atoms with van der Waals surface area (Å²) in [5, 5.41) is 0. The maximum atomic E-state index is 12.2. The molecule has 138 valence electrons. The number of nitrogens with two attached hydrogens (primary N) is 1. The number of morpholine rings is 1. The zero-order valence-electron chi connectivity index (χ0n) is 14.1. The lowest BCUT2D eigenvalue weighted by Crippen LogP contribution is -2.48. The highest BCUT2D eigenvalue weighted by Crippen LogP contribution is 2.24. The molecule has 3 N–H and O–H groups in total. The summed E-state index contributed by atoms with van der Waals surface area (Å²) in [6.07, 6.45) is 0.126. The van der Waals surface area contributed by atoms with Gasteiger partial charge in [0.05, 0.1) is 24.2 Å². The predicted molar refractivity (Wildman–Crippen MR) is 108 cm³/mol. The van der Waals surface area contributed by atoms with E-state index in [-0.39, 0.29) is 36.6 Å². The van der Waals surface area contributed by atoms with Crippen LogP contribution in [0.2, 0.25) is 0 Å². The van der Waals surface area contributed by atoms with E-state index in [2.05, 4.69) is 9.71 Å². The van der Waals surface area contributed by atoms with E-state index < -0.39 is 10.0 Å². The minimum atomic E-state index is -3.48. The number of hydrogen-bond acceptors (Lipinski definition) is 5. The van der Waals surface area contributed by atoms with Crippen molar-refractivity contribution in [2.45, 2.75) is 31.8 Å². The molecule has 10 heteroatoms. The van der Waals surface area contributed by atoms with Gasteiger partial charge in [-0.05, 0) is 26.8 Å². The lowest BCUT2D eigenvalue weighted by molar-refractivity contribution is 0.00530. The van der Waals surface area contributed by atoms with Gasteiger partial charge in [0, 0.05) is 29.4 Å². The van der Waals surface area contributed by atoms with E-state index in [1.54, 1.807) is 6.07 Å². The van der Waals surface area contributed by atoms with Crippen molar-refractivity contribution >= 4 is 51.3 Å². The number of rotatable bonds is 5. The van der Waals surface area contributed by atoms with Gasteiger partial charge in [-0.1, -0.05) is 0 Å². The first-order valence-corrected chi connectivity index (χ1v) is 9.82. The van der Waals surface area contributed by atoms with Crippen LogP contribution in [0, 0.1) is 13.8 Å². The molecule has 1 unspecified atom stereocenters. The number of sulfonamides is 1. The van der Waals surface area contributed by atoms with Crippen LogP contribution < -0.4 is 10.5 Å². The Kier molecular flexibility index (Phi) is 8.39. The van der Waals surface area contributed by atoms with Gasteiger partial charge in [0.15, 0.2) is 5.96 Å². The van der Waals surface area contributed by atoms with Crippen molar-refractivity contribution in [1.82, 2.24) is 9.62 Å². The van der Waals surface area contributed by atoms with E-state index in [9.17, 15) is 8.42 Å². The number of aliphatic imine (C=N–C) groups is 1. The van der Waals surface area contributed by atoms with Gasteiger partial charge < -0.3 is 15.4 Å². The van der Waals surface area contributed by atoms with Gasteiger partial charge in [0.25, 0.3) is 0 Å². The third-order valence-electron chi connectivity index (χ3n) is 3.53. The van der Waals surface area contributed by atoms with Crippen LogP contribution in [0.3, 0.4) is 0 Å². The Bertz CT molecular complexity index is 676. The highest BCUT2D eigenvalue weighted by atomic mass is 127. The predicted octanol–water partition coefficient (Wildman–Crippen LogP) is 1.30. The third kappa shape index (κ3) is 5.83. The van der Waals surface area contributed by atoms with Crippen molar-refractivity contribution in [3.63, 3.8) is 0 Å². The molecule has 1 atom stereocenters. The van der Waals surface area contributed by atoms with Crippen molar-refractivity contribution in [1.29, 1.82) is 0 Å². The number of thiophene rings is 1. The number of aryl methyl sites for hydroxylation is 2. The Labute approximate surface area is 164 Å². The molecule has 1 aliphatic heterocycles. The van der Waals surface area contributed by atoms with Crippen LogP contribution in [0.4, 0.5) is 0 Å². The molecule has 0 radical (unpaired) electrons. The lowest BCUT2D eigenvalue weighted by Gasteiger charge is -2.31. The van der Waals surface area contributed by atoms with Crippen LogP contribution in [0.5, 0.6) is 0 Å². The van der Waals surface area contributed by atoms with Crippen molar-refractivity contribution in [2.75, 3.05) is 32.8 Å². The molecule has 0 saturated carbocycles. The molecule has 0 spiro atoms. The molecule has 1 fully saturated rings. The first-order chi connectivity index (χ1) is 10.8. The topological polar surface area (TPSA) is 97.0 Å². The van der Waals surface area contributed by atoms with Crippen molar-refractivity contribution in [3.05, 3.63) is 15.8 Å².